The molecule has 1 aromatic rings. The molecule has 0 aliphatic heterocycles. The number of nitrogens with two attached hydrogens (primary N) is 1. The number of carboxylic acids is 2. The van der Waals surface area contributed by atoms with Crippen molar-refractivity contribution in [3.63, 3.8) is 0 Å². The van der Waals surface area contributed by atoms with Gasteiger partial charge in [0.15, 0.2) is 0 Å². The molecule has 2 fully saturated rings. The quantitative estimate of drug-likeness (QED) is 0.603. The maximum absolute atomic E-state index is 11.6. The first-order chi connectivity index (χ1) is 11.2. The number of rotatable bonds is 5. The number of hydrogen-bond donors (Lipinski definition) is 4. The highest BCUT2D eigenvalue weighted by molar-refractivity contribution is 6.42. The average molecular weight is 376 g/mol. The second-order valence-electron chi connectivity index (χ2n) is 6.18. The minimum atomic E-state index is -1.95. The molecule has 0 aromatic heterocycles. The van der Waals surface area contributed by atoms with Crippen molar-refractivity contribution < 1.29 is 29.6 Å². The van der Waals surface area contributed by atoms with E-state index in [9.17, 15) is 19.8 Å². The molecule has 1 aromatic carbocycles. The Bertz CT molecular complexity index is 713. The highest BCUT2D eigenvalue weighted by atomic mass is 35.5. The van der Waals surface area contributed by atoms with Gasteiger partial charge in [-0.25, -0.2) is 0 Å². The van der Waals surface area contributed by atoms with Gasteiger partial charge < -0.3 is 25.8 Å². The molecule has 5 N–H and O–H groups in total. The van der Waals surface area contributed by atoms with E-state index in [2.05, 4.69) is 0 Å². The second-order valence-corrected chi connectivity index (χ2v) is 6.99. The Balaban J connectivity index is 1.79. The Morgan fingerprint density at radius 2 is 1.92 bits per heavy atom. The van der Waals surface area contributed by atoms with Crippen LogP contribution in [0.4, 0.5) is 0 Å². The molecular weight excluding hydrogens is 361 g/mol. The van der Waals surface area contributed by atoms with E-state index in [1.165, 1.54) is 0 Å². The fourth-order valence-corrected chi connectivity index (χ4v) is 4.00. The topological polar surface area (TPSA) is 130 Å². The van der Waals surface area contributed by atoms with Gasteiger partial charge in [0.2, 0.25) is 0 Å². The smallest absolute Gasteiger partial charge is 0.326 e. The summed E-state index contributed by atoms with van der Waals surface area (Å²) in [5, 5.41) is 29.6. The first-order valence-electron chi connectivity index (χ1n) is 7.18. The van der Waals surface area contributed by atoms with Crippen molar-refractivity contribution in [2.24, 2.45) is 23.5 Å². The number of fused-ring (bicyclic) bond motifs is 1. The van der Waals surface area contributed by atoms with Gasteiger partial charge in [-0.05, 0) is 17.7 Å². The number of aliphatic hydroxyl groups is 1. The van der Waals surface area contributed by atoms with Gasteiger partial charge in [0, 0.05) is 11.8 Å². The largest absolute Gasteiger partial charge is 0.481 e. The van der Waals surface area contributed by atoms with Crippen LogP contribution in [-0.4, -0.2) is 45.0 Å². The highest BCUT2D eigenvalue weighted by Gasteiger charge is 2.78. The molecule has 130 valence electrons. The van der Waals surface area contributed by atoms with Crippen LogP contribution in [0.25, 0.3) is 0 Å². The molecule has 0 radical (unpaired) electrons. The number of carboxylic acid groups (broad SMARTS) is 2. The van der Waals surface area contributed by atoms with Crippen molar-refractivity contribution >= 4 is 35.1 Å². The van der Waals surface area contributed by atoms with Gasteiger partial charge in [0.1, 0.15) is 11.6 Å². The molecule has 7 nitrogen and oxygen atoms in total. The van der Waals surface area contributed by atoms with Crippen molar-refractivity contribution in [1.29, 1.82) is 0 Å². The SMILES string of the molecule is N[C@]1(C(=O)O)[C@@H]2[C@@H](C(=O)O)[C@@H]2[C@@H](O)[C@H]1OCc1ccc(Cl)c(Cl)c1. The molecule has 0 saturated heterocycles. The van der Waals surface area contributed by atoms with Gasteiger partial charge in [-0.3, -0.25) is 9.59 Å². The minimum absolute atomic E-state index is 0.0397. The van der Waals surface area contributed by atoms with Crippen LogP contribution in [-0.2, 0) is 20.9 Å². The van der Waals surface area contributed by atoms with Crippen LogP contribution in [0.2, 0.25) is 10.0 Å². The maximum atomic E-state index is 11.6. The molecular formula is C15H15Cl2NO6. The van der Waals surface area contributed by atoms with Gasteiger partial charge >= 0.3 is 11.9 Å². The average Bonchev–Trinajstić information content (AvgIpc) is 3.21. The highest BCUT2D eigenvalue weighted by Crippen LogP contribution is 2.62. The Kier molecular flexibility index (Phi) is 4.26. The van der Waals surface area contributed by atoms with E-state index in [0.29, 0.717) is 15.6 Å². The maximum Gasteiger partial charge on any atom is 0.326 e. The normalized spacial score (nSPS) is 37.1. The van der Waals surface area contributed by atoms with E-state index < -0.39 is 47.4 Å². The fraction of sp³-hybridized carbons (Fsp3) is 0.467. The second kappa shape index (κ2) is 5.86. The summed E-state index contributed by atoms with van der Waals surface area (Å²) >= 11 is 11.7. The number of aliphatic hydroxyl groups excluding tert-OH is 1. The van der Waals surface area contributed by atoms with Crippen LogP contribution in [0.3, 0.4) is 0 Å². The van der Waals surface area contributed by atoms with Crippen LogP contribution in [0.5, 0.6) is 0 Å². The number of halogens is 2. The Labute approximate surface area is 146 Å². The Hall–Kier alpha value is -1.38. The summed E-state index contributed by atoms with van der Waals surface area (Å²) in [6.45, 7) is -0.0397. The predicted molar refractivity (Wildman–Crippen MR) is 83.7 cm³/mol. The monoisotopic (exact) mass is 375 g/mol. The fourth-order valence-electron chi connectivity index (χ4n) is 3.68. The van der Waals surface area contributed by atoms with Crippen LogP contribution in [0.15, 0.2) is 18.2 Å². The van der Waals surface area contributed by atoms with Crippen LogP contribution in [0, 0.1) is 17.8 Å². The zero-order chi connectivity index (χ0) is 17.8. The molecule has 0 bridgehead atoms. The zero-order valence-electron chi connectivity index (χ0n) is 12.2. The number of benzene rings is 1. The first kappa shape index (κ1) is 17.4. The predicted octanol–water partition coefficient (Wildman–Crippen LogP) is 0.982. The summed E-state index contributed by atoms with van der Waals surface area (Å²) in [4.78, 5) is 22.8. The number of hydrogen-bond acceptors (Lipinski definition) is 5. The van der Waals surface area contributed by atoms with Crippen molar-refractivity contribution in [3.8, 4) is 0 Å². The summed E-state index contributed by atoms with van der Waals surface area (Å²) in [7, 11) is 0. The van der Waals surface area contributed by atoms with Crippen LogP contribution in [0.1, 0.15) is 5.56 Å². The lowest BCUT2D eigenvalue weighted by atomic mass is 9.88. The van der Waals surface area contributed by atoms with Crippen molar-refractivity contribution in [3.05, 3.63) is 33.8 Å². The molecule has 0 unspecified atom stereocenters. The van der Waals surface area contributed by atoms with Gasteiger partial charge in [0.25, 0.3) is 0 Å². The zero-order valence-corrected chi connectivity index (χ0v) is 13.7. The first-order valence-corrected chi connectivity index (χ1v) is 7.93. The molecule has 2 aliphatic carbocycles. The van der Waals surface area contributed by atoms with Gasteiger partial charge in [0.05, 0.1) is 28.7 Å². The van der Waals surface area contributed by atoms with Crippen molar-refractivity contribution in [1.82, 2.24) is 0 Å². The third-order valence-electron chi connectivity index (χ3n) is 4.87. The lowest BCUT2D eigenvalue weighted by Crippen LogP contribution is -2.61. The van der Waals surface area contributed by atoms with E-state index in [1.54, 1.807) is 18.2 Å². The van der Waals surface area contributed by atoms with Gasteiger partial charge in [-0.1, -0.05) is 29.3 Å². The Morgan fingerprint density at radius 3 is 2.46 bits per heavy atom. The molecule has 24 heavy (non-hydrogen) atoms. The lowest BCUT2D eigenvalue weighted by molar-refractivity contribution is -0.157. The van der Waals surface area contributed by atoms with Crippen molar-refractivity contribution in [2.75, 3.05) is 0 Å². The molecule has 2 aliphatic rings. The van der Waals surface area contributed by atoms with E-state index in [4.69, 9.17) is 38.8 Å². The number of aliphatic carboxylic acids is 2. The van der Waals surface area contributed by atoms with Crippen molar-refractivity contribution in [2.45, 2.75) is 24.4 Å². The molecule has 0 amide bonds. The van der Waals surface area contributed by atoms with E-state index in [1.807, 2.05) is 0 Å². The van der Waals surface area contributed by atoms with Gasteiger partial charge in [-0.2, -0.15) is 0 Å². The van der Waals surface area contributed by atoms with Crippen LogP contribution < -0.4 is 5.73 Å². The molecule has 9 heteroatoms. The van der Waals surface area contributed by atoms with Crippen LogP contribution >= 0.6 is 23.2 Å². The summed E-state index contributed by atoms with van der Waals surface area (Å²) in [6.07, 6.45) is -2.48. The molecule has 0 heterocycles. The summed E-state index contributed by atoms with van der Waals surface area (Å²) in [5.41, 5.74) is 4.64. The summed E-state index contributed by atoms with van der Waals surface area (Å²) in [6, 6.07) is 4.78. The van der Waals surface area contributed by atoms with Gasteiger partial charge in [-0.15, -0.1) is 0 Å². The number of carbonyl (C=O) groups is 2. The molecule has 3 rings (SSSR count). The van der Waals surface area contributed by atoms with E-state index in [-0.39, 0.29) is 6.61 Å². The third kappa shape index (κ3) is 2.48. The lowest BCUT2D eigenvalue weighted by Gasteiger charge is -2.32. The summed E-state index contributed by atoms with van der Waals surface area (Å²) < 4.78 is 5.55. The minimum Gasteiger partial charge on any atom is -0.481 e. The van der Waals surface area contributed by atoms with E-state index >= 15 is 0 Å². The molecule has 0 spiro atoms. The molecule has 6 atom stereocenters. The summed E-state index contributed by atoms with van der Waals surface area (Å²) in [5.74, 6) is -5.10. The molecule has 2 saturated carbocycles. The Morgan fingerprint density at radius 1 is 1.25 bits per heavy atom. The third-order valence-corrected chi connectivity index (χ3v) is 5.61. The van der Waals surface area contributed by atoms with E-state index in [0.717, 1.165) is 0 Å². The standard InChI is InChI=1S/C15H15Cl2NO6/c16-6-2-1-5(3-7(6)17)4-24-12-11(19)8-9(13(20)21)10(8)15(12,18)14(22)23/h1-3,8-12,19H,4,18H2,(H,20,21)(H,22,23)/t8-,9-,10-,11+,12+,15+/m0/s1. The number of ether oxygens (including phenoxy) is 1.